The first-order valence-corrected chi connectivity index (χ1v) is 27.8. The zero-order valence-corrected chi connectivity index (χ0v) is 45.4. The molecular weight excluding hydrogens is 993 g/mol. The van der Waals surface area contributed by atoms with Crippen LogP contribution in [0.1, 0.15) is 11.1 Å². The maximum atomic E-state index is 4.10. The minimum atomic E-state index is 1.04. The predicted molar refractivity (Wildman–Crippen MR) is 351 cm³/mol. The maximum Gasteiger partial charge on any atom is 0.0540 e. The summed E-state index contributed by atoms with van der Waals surface area (Å²) in [6.45, 7) is 8.20. The average molecular weight is 1050 g/mol. The SMILES string of the molecule is C=Cc1ccc(N(c2ccccc2)c2ccc(-c3ccc(N(c4ccccc4)c4cccc(N(c5ccccc5)c5ccc(-c6ccc(N(c7ccccc7)c7ccc(C=C)c8ccccc78)cc6)cc5)c4)cc3)cc2)c2ccccc12. The molecule has 0 aliphatic carbocycles. The molecule has 0 N–H and O–H groups in total. The van der Waals surface area contributed by atoms with Crippen molar-refractivity contribution in [3.63, 3.8) is 0 Å². The Balaban J connectivity index is 0.798. The molecule has 0 aliphatic heterocycles. The molecule has 0 atom stereocenters. The molecule has 82 heavy (non-hydrogen) atoms. The van der Waals surface area contributed by atoms with Gasteiger partial charge in [-0.2, -0.15) is 0 Å². The number of para-hydroxylation sites is 4. The highest BCUT2D eigenvalue weighted by Crippen LogP contribution is 2.45. The Bertz CT molecular complexity index is 4050. The molecule has 0 saturated heterocycles. The minimum Gasteiger partial charge on any atom is -0.310 e. The van der Waals surface area contributed by atoms with Crippen LogP contribution in [0.4, 0.5) is 68.2 Å². The van der Waals surface area contributed by atoms with Gasteiger partial charge in [-0.05, 0) is 172 Å². The third-order valence-corrected chi connectivity index (χ3v) is 15.4. The van der Waals surface area contributed by atoms with E-state index >= 15 is 0 Å². The Morgan fingerprint density at radius 2 is 0.439 bits per heavy atom. The number of rotatable bonds is 16. The van der Waals surface area contributed by atoms with Gasteiger partial charge in [-0.15, -0.1) is 0 Å². The summed E-state index contributed by atoms with van der Waals surface area (Å²) in [4.78, 5) is 9.36. The summed E-state index contributed by atoms with van der Waals surface area (Å²) in [6, 6.07) is 113. The monoisotopic (exact) mass is 1050 g/mol. The third kappa shape index (κ3) is 9.98. The van der Waals surface area contributed by atoms with Gasteiger partial charge in [0, 0.05) is 67.6 Å². The van der Waals surface area contributed by atoms with Crippen LogP contribution >= 0.6 is 0 Å². The van der Waals surface area contributed by atoms with Gasteiger partial charge in [-0.25, -0.2) is 0 Å². The van der Waals surface area contributed by atoms with Crippen molar-refractivity contribution in [1.82, 2.24) is 0 Å². The second kappa shape index (κ2) is 22.8. The third-order valence-electron chi connectivity index (χ3n) is 15.4. The summed E-state index contributed by atoms with van der Waals surface area (Å²) in [5.41, 5.74) is 19.7. The van der Waals surface area contributed by atoms with Gasteiger partial charge in [0.1, 0.15) is 0 Å². The fourth-order valence-corrected chi connectivity index (χ4v) is 11.4. The zero-order valence-electron chi connectivity index (χ0n) is 45.4. The van der Waals surface area contributed by atoms with E-state index in [0.717, 1.165) is 102 Å². The lowest BCUT2D eigenvalue weighted by molar-refractivity contribution is 1.25. The topological polar surface area (TPSA) is 13.0 Å². The van der Waals surface area contributed by atoms with Crippen molar-refractivity contribution in [1.29, 1.82) is 0 Å². The van der Waals surface area contributed by atoms with E-state index < -0.39 is 0 Å². The van der Waals surface area contributed by atoms with Crippen LogP contribution in [0.25, 0.3) is 56.0 Å². The van der Waals surface area contributed by atoms with E-state index in [4.69, 9.17) is 0 Å². The van der Waals surface area contributed by atoms with Crippen LogP contribution < -0.4 is 19.6 Å². The van der Waals surface area contributed by atoms with Crippen LogP contribution in [0.15, 0.2) is 329 Å². The molecule has 13 aromatic carbocycles. The van der Waals surface area contributed by atoms with Crippen molar-refractivity contribution >= 4 is 102 Å². The molecule has 0 saturated carbocycles. The molecule has 390 valence electrons. The van der Waals surface area contributed by atoms with E-state index in [-0.39, 0.29) is 0 Å². The van der Waals surface area contributed by atoms with Gasteiger partial charge in [0.25, 0.3) is 0 Å². The molecule has 13 rings (SSSR count). The van der Waals surface area contributed by atoms with Crippen molar-refractivity contribution in [2.75, 3.05) is 19.6 Å². The summed E-state index contributed by atoms with van der Waals surface area (Å²) < 4.78 is 0. The Morgan fingerprint density at radius 1 is 0.195 bits per heavy atom. The molecule has 0 spiro atoms. The summed E-state index contributed by atoms with van der Waals surface area (Å²) in [6.07, 6.45) is 3.87. The largest absolute Gasteiger partial charge is 0.310 e. The van der Waals surface area contributed by atoms with Gasteiger partial charge in [-0.1, -0.05) is 213 Å². The number of hydrogen-bond donors (Lipinski definition) is 0. The van der Waals surface area contributed by atoms with Gasteiger partial charge in [0.15, 0.2) is 0 Å². The zero-order chi connectivity index (χ0) is 55.2. The van der Waals surface area contributed by atoms with Crippen molar-refractivity contribution < 1.29 is 0 Å². The van der Waals surface area contributed by atoms with E-state index in [2.05, 4.69) is 348 Å². The quantitative estimate of drug-likeness (QED) is 0.0956. The number of fused-ring (bicyclic) bond motifs is 2. The fraction of sp³-hybridized carbons (Fsp3) is 0. The smallest absolute Gasteiger partial charge is 0.0540 e. The number of nitrogens with zero attached hydrogens (tertiary/aromatic N) is 4. The molecule has 0 unspecified atom stereocenters. The van der Waals surface area contributed by atoms with Gasteiger partial charge >= 0.3 is 0 Å². The first kappa shape index (κ1) is 50.6. The lowest BCUT2D eigenvalue weighted by atomic mass is 10.0. The highest BCUT2D eigenvalue weighted by Gasteiger charge is 2.21. The molecule has 0 aliphatic rings. The Labute approximate surface area is 480 Å². The molecule has 0 aromatic heterocycles. The number of benzene rings is 13. The molecule has 0 bridgehead atoms. The summed E-state index contributed by atoms with van der Waals surface area (Å²) in [5, 5.41) is 4.69. The normalized spacial score (nSPS) is 11.0. The van der Waals surface area contributed by atoms with Crippen LogP contribution in [0.5, 0.6) is 0 Å². The van der Waals surface area contributed by atoms with Gasteiger partial charge in [0.2, 0.25) is 0 Å². The highest BCUT2D eigenvalue weighted by atomic mass is 15.2. The minimum absolute atomic E-state index is 1.04. The predicted octanol–water partition coefficient (Wildman–Crippen LogP) is 22.5. The highest BCUT2D eigenvalue weighted by molar-refractivity contribution is 6.04. The van der Waals surface area contributed by atoms with Crippen LogP contribution in [0, 0.1) is 0 Å². The molecule has 0 fully saturated rings. The van der Waals surface area contributed by atoms with Crippen LogP contribution in [-0.2, 0) is 0 Å². The molecule has 13 aromatic rings. The summed E-state index contributed by atoms with van der Waals surface area (Å²) >= 11 is 0. The molecule has 4 nitrogen and oxygen atoms in total. The lowest BCUT2D eigenvalue weighted by Crippen LogP contribution is -2.13. The van der Waals surface area contributed by atoms with Gasteiger partial charge in [-0.3, -0.25) is 0 Å². The second-order valence-electron chi connectivity index (χ2n) is 20.2. The van der Waals surface area contributed by atoms with Crippen LogP contribution in [0.3, 0.4) is 0 Å². The van der Waals surface area contributed by atoms with Crippen LogP contribution in [-0.4, -0.2) is 0 Å². The molecule has 0 heterocycles. The Kier molecular flexibility index (Phi) is 14.1. The molecule has 4 heteroatoms. The lowest BCUT2D eigenvalue weighted by Gasteiger charge is -2.29. The van der Waals surface area contributed by atoms with E-state index in [1.54, 1.807) is 0 Å². The average Bonchev–Trinajstić information content (AvgIpc) is 3.74. The maximum absolute atomic E-state index is 4.10. The van der Waals surface area contributed by atoms with Crippen molar-refractivity contribution in [2.45, 2.75) is 0 Å². The summed E-state index contributed by atoms with van der Waals surface area (Å²) in [7, 11) is 0. The van der Waals surface area contributed by atoms with E-state index in [1.807, 2.05) is 12.2 Å². The van der Waals surface area contributed by atoms with E-state index in [9.17, 15) is 0 Å². The molecular formula is C78H58N4. The number of anilines is 12. The first-order chi connectivity index (χ1) is 40.6. The standard InChI is InChI=1S/C78H58N4/c1-3-57-44-54-77(75-34-19-17-32-73(57)75)81(65-26-13-7-14-27-65)69-50-40-61(41-51-69)59-36-46-67(47-37-59)79(63-22-9-5-10-23-63)71-30-21-31-72(56-71)80(64-24-11-6-12-25-64)68-48-38-60(39-49-68)62-42-52-70(53-43-62)82(66-28-15-8-16-29-66)78-55-45-58(4-2)74-33-18-20-35-76(74)78/h3-56H,1-2H2. The number of hydrogen-bond acceptors (Lipinski definition) is 4. The van der Waals surface area contributed by atoms with Gasteiger partial charge in [0.05, 0.1) is 11.4 Å². The van der Waals surface area contributed by atoms with E-state index in [0.29, 0.717) is 0 Å². The van der Waals surface area contributed by atoms with Crippen molar-refractivity contribution in [2.24, 2.45) is 0 Å². The summed E-state index contributed by atoms with van der Waals surface area (Å²) in [5.74, 6) is 0. The van der Waals surface area contributed by atoms with Gasteiger partial charge < -0.3 is 19.6 Å². The van der Waals surface area contributed by atoms with Crippen LogP contribution in [0.2, 0.25) is 0 Å². The van der Waals surface area contributed by atoms with Crippen molar-refractivity contribution in [3.05, 3.63) is 340 Å². The molecule has 0 radical (unpaired) electrons. The Hall–Kier alpha value is -10.9. The van der Waals surface area contributed by atoms with Crippen molar-refractivity contribution in [3.8, 4) is 22.3 Å². The molecule has 0 amide bonds. The fourth-order valence-electron chi connectivity index (χ4n) is 11.4. The van der Waals surface area contributed by atoms with E-state index in [1.165, 1.54) is 21.5 Å². The second-order valence-corrected chi connectivity index (χ2v) is 20.2. The Morgan fingerprint density at radius 3 is 0.744 bits per heavy atom. The first-order valence-electron chi connectivity index (χ1n) is 27.8.